The number of benzene rings is 1. The number of aliphatic imine (C=N–C) groups is 3. The average Bonchev–Trinajstić information content (AvgIpc) is 1.45. The van der Waals surface area contributed by atoms with Crippen molar-refractivity contribution in [2.45, 2.75) is 304 Å². The third-order valence-electron chi connectivity index (χ3n) is 16.8. The molecule has 0 bridgehead atoms. The van der Waals surface area contributed by atoms with E-state index in [1.807, 2.05) is 12.1 Å². The quantitative estimate of drug-likeness (QED) is 0.0261. The standard InChI is InChI=1S/C70H113N9O13/c1-16-17-18-19-21-24-27-33-50-46-51-38-41-55-56(48(2)72-61(78(51)55)77(50)47-49-36-39-52(86-15)40-37-49)58(80)87-44-30-26-23-20-22-25-28-34-54-57(53-35-32-43-76(53)62(75-65(84)91-69(9,10)11)79(54)66(85)92-70(12,13)14)59(81)88-45-31-29-42-71-60(73-63(82)89-67(3,4)5)74-64(83)90-68(6,7)8/h36-37,39-40,48,50-51,54-56H,16-35,38,41-47H2,1-15H3,(H2,71,73,74,82,83)/t48-,50-,51+,54-,55+,56+/m1/s1. The van der Waals surface area contributed by atoms with E-state index in [2.05, 4.69) is 56.4 Å². The van der Waals surface area contributed by atoms with Crippen LogP contribution in [0.5, 0.6) is 5.75 Å². The van der Waals surface area contributed by atoms with Gasteiger partial charge in [-0.05, 0) is 172 Å². The molecule has 92 heavy (non-hydrogen) atoms. The lowest BCUT2D eigenvalue weighted by Crippen LogP contribution is -2.64. The number of amides is 4. The van der Waals surface area contributed by atoms with Crippen LogP contribution in [0.2, 0.25) is 0 Å². The number of hydrogen-bond acceptors (Lipinski definition) is 17. The van der Waals surface area contributed by atoms with Gasteiger partial charge in [0, 0.05) is 43.5 Å². The fourth-order valence-corrected chi connectivity index (χ4v) is 12.8. The molecule has 0 unspecified atom stereocenters. The number of ether oxygens (including phenoxy) is 7. The van der Waals surface area contributed by atoms with E-state index < -0.39 is 58.8 Å². The maximum atomic E-state index is 14.6. The topological polar surface area (TPSA) is 241 Å². The Morgan fingerprint density at radius 1 is 0.663 bits per heavy atom. The molecular weight excluding hydrogens is 1170 g/mol. The van der Waals surface area contributed by atoms with E-state index in [4.69, 9.17) is 38.2 Å². The Balaban J connectivity index is 1.06. The normalized spacial score (nSPS) is 21.0. The van der Waals surface area contributed by atoms with Crippen LogP contribution in [0, 0.1) is 5.92 Å². The Bertz CT molecular complexity index is 2710. The van der Waals surface area contributed by atoms with E-state index in [1.54, 1.807) is 95.1 Å². The predicted molar refractivity (Wildman–Crippen MR) is 356 cm³/mol. The Hall–Kier alpha value is -6.61. The number of rotatable bonds is 28. The van der Waals surface area contributed by atoms with E-state index in [-0.39, 0.29) is 49.0 Å². The molecule has 0 aromatic heterocycles. The SMILES string of the molecule is CCCCCCCCC[C@@H]1C[C@@H]2CC[C@H]3[C@@H](C(=O)OCCCCCCCCC[C@@H]4C(C(=O)OCCCCN=C(NC(=O)OC(C)(C)C)NC(=O)OC(C)(C)C)=C5CCCN5C(=NC(=O)OC(C)(C)C)N4C(=O)OC(C)(C)C)[C@@H](C)N=C(N1Cc1ccc(OC)cc1)N23. The Kier molecular flexibility index (Phi) is 27.9. The second-order valence-electron chi connectivity index (χ2n) is 29.3. The summed E-state index contributed by atoms with van der Waals surface area (Å²) in [7, 11) is 1.70. The third-order valence-corrected chi connectivity index (χ3v) is 16.8. The number of carbonyl (C=O) groups excluding carboxylic acids is 6. The van der Waals surface area contributed by atoms with Gasteiger partial charge in [-0.15, -0.1) is 4.99 Å². The highest BCUT2D eigenvalue weighted by Crippen LogP contribution is 2.44. The van der Waals surface area contributed by atoms with Crippen LogP contribution >= 0.6 is 0 Å². The summed E-state index contributed by atoms with van der Waals surface area (Å²) in [5.74, 6) is 0.694. The van der Waals surface area contributed by atoms with Gasteiger partial charge in [-0.1, -0.05) is 103 Å². The third kappa shape index (κ3) is 23.4. The summed E-state index contributed by atoms with van der Waals surface area (Å²) in [5, 5.41) is 4.95. The molecule has 1 aromatic carbocycles. The molecule has 0 aliphatic carbocycles. The summed E-state index contributed by atoms with van der Waals surface area (Å²) in [6, 6.07) is 8.10. The van der Waals surface area contributed by atoms with Crippen LogP contribution in [-0.4, -0.2) is 160 Å². The van der Waals surface area contributed by atoms with Gasteiger partial charge in [-0.2, -0.15) is 0 Å². The largest absolute Gasteiger partial charge is 0.497 e. The highest BCUT2D eigenvalue weighted by atomic mass is 16.6. The second-order valence-corrected chi connectivity index (χ2v) is 29.3. The van der Waals surface area contributed by atoms with Gasteiger partial charge >= 0.3 is 36.3 Å². The van der Waals surface area contributed by atoms with Crippen LogP contribution in [0.3, 0.4) is 0 Å². The predicted octanol–water partition coefficient (Wildman–Crippen LogP) is 14.3. The van der Waals surface area contributed by atoms with Crippen LogP contribution < -0.4 is 15.4 Å². The van der Waals surface area contributed by atoms with Gasteiger partial charge in [0.15, 0.2) is 5.96 Å². The summed E-state index contributed by atoms with van der Waals surface area (Å²) in [6.45, 7) is 26.7. The van der Waals surface area contributed by atoms with E-state index in [0.29, 0.717) is 75.0 Å². The number of unbranched alkanes of at least 4 members (excludes halogenated alkanes) is 13. The second kappa shape index (κ2) is 34.5. The molecule has 2 N–H and O–H groups in total. The molecular formula is C70H113N9O13. The Labute approximate surface area is 549 Å². The molecule has 4 amide bonds. The molecule has 6 rings (SSSR count). The average molecular weight is 1290 g/mol. The van der Waals surface area contributed by atoms with Crippen molar-refractivity contribution in [2.75, 3.05) is 33.4 Å². The van der Waals surface area contributed by atoms with Crippen molar-refractivity contribution in [3.05, 3.63) is 41.1 Å². The number of carbonyl (C=O) groups is 6. The van der Waals surface area contributed by atoms with Gasteiger partial charge in [0.1, 0.15) is 28.2 Å². The lowest BCUT2D eigenvalue weighted by Gasteiger charge is -2.52. The zero-order chi connectivity index (χ0) is 67.4. The molecule has 6 atom stereocenters. The van der Waals surface area contributed by atoms with Crippen molar-refractivity contribution in [1.29, 1.82) is 0 Å². The van der Waals surface area contributed by atoms with Gasteiger partial charge < -0.3 is 47.9 Å². The van der Waals surface area contributed by atoms with Crippen LogP contribution in [0.4, 0.5) is 19.2 Å². The zero-order valence-corrected chi connectivity index (χ0v) is 58.5. The van der Waals surface area contributed by atoms with Crippen molar-refractivity contribution in [2.24, 2.45) is 20.9 Å². The lowest BCUT2D eigenvalue weighted by molar-refractivity contribution is -0.152. The minimum absolute atomic E-state index is 0.00332. The molecule has 0 spiro atoms. The van der Waals surface area contributed by atoms with E-state index in [9.17, 15) is 28.8 Å². The first-order valence-electron chi connectivity index (χ1n) is 34.4. The summed E-state index contributed by atoms with van der Waals surface area (Å²) in [6.07, 6.45) is 18.0. The number of nitrogens with one attached hydrogen (secondary N) is 2. The summed E-state index contributed by atoms with van der Waals surface area (Å²) in [4.78, 5) is 104. The summed E-state index contributed by atoms with van der Waals surface area (Å²) >= 11 is 0. The molecule has 5 aliphatic heterocycles. The Morgan fingerprint density at radius 2 is 1.23 bits per heavy atom. The molecule has 3 fully saturated rings. The van der Waals surface area contributed by atoms with Gasteiger partial charge in [-0.25, -0.2) is 33.9 Å². The number of allylic oxidation sites excluding steroid dienone is 1. The number of hydrogen-bond donors (Lipinski definition) is 2. The number of guanidine groups is 3. The van der Waals surface area contributed by atoms with Crippen molar-refractivity contribution >= 4 is 54.2 Å². The maximum Gasteiger partial charge on any atom is 0.437 e. The van der Waals surface area contributed by atoms with Crippen molar-refractivity contribution < 1.29 is 61.9 Å². The zero-order valence-electron chi connectivity index (χ0n) is 58.5. The summed E-state index contributed by atoms with van der Waals surface area (Å²) < 4.78 is 40.0. The van der Waals surface area contributed by atoms with Crippen LogP contribution in [0.15, 0.2) is 50.5 Å². The van der Waals surface area contributed by atoms with Gasteiger partial charge in [0.05, 0.1) is 43.9 Å². The van der Waals surface area contributed by atoms with Crippen LogP contribution in [-0.2, 0) is 44.6 Å². The van der Waals surface area contributed by atoms with E-state index in [1.165, 1.54) is 55.4 Å². The minimum atomic E-state index is -0.933. The molecule has 22 nitrogen and oxygen atoms in total. The highest BCUT2D eigenvalue weighted by Gasteiger charge is 2.53. The molecule has 1 aromatic rings. The molecule has 0 saturated carbocycles. The molecule has 3 saturated heterocycles. The van der Waals surface area contributed by atoms with Crippen molar-refractivity contribution in [1.82, 2.24) is 30.2 Å². The number of esters is 2. The first-order chi connectivity index (χ1) is 43.5. The highest BCUT2D eigenvalue weighted by molar-refractivity contribution is 6.05. The van der Waals surface area contributed by atoms with Crippen LogP contribution in [0.25, 0.3) is 0 Å². The van der Waals surface area contributed by atoms with Crippen LogP contribution in [0.1, 0.15) is 250 Å². The fraction of sp³-hybridized carbons (Fsp3) is 0.757. The monoisotopic (exact) mass is 1290 g/mol. The number of alkyl carbamates (subject to hydrolysis) is 2. The number of fused-ring (bicyclic) bond motifs is 1. The molecule has 5 heterocycles. The van der Waals surface area contributed by atoms with Gasteiger partial charge in [0.2, 0.25) is 11.9 Å². The van der Waals surface area contributed by atoms with Crippen molar-refractivity contribution in [3.8, 4) is 5.75 Å². The Morgan fingerprint density at radius 3 is 1.83 bits per heavy atom. The van der Waals surface area contributed by atoms with Crippen molar-refractivity contribution in [3.63, 3.8) is 0 Å². The number of methoxy groups -OCH3 is 1. The molecule has 516 valence electrons. The van der Waals surface area contributed by atoms with E-state index >= 15 is 0 Å². The molecule has 0 radical (unpaired) electrons. The van der Waals surface area contributed by atoms with E-state index in [0.717, 1.165) is 82.5 Å². The first kappa shape index (κ1) is 74.4. The fourth-order valence-electron chi connectivity index (χ4n) is 12.8. The number of nitrogens with zero attached hydrogens (tertiary/aromatic N) is 7. The summed E-state index contributed by atoms with van der Waals surface area (Å²) in [5.41, 5.74) is -1.26. The minimum Gasteiger partial charge on any atom is -0.497 e. The van der Waals surface area contributed by atoms with Gasteiger partial charge in [-0.3, -0.25) is 20.4 Å². The lowest BCUT2D eigenvalue weighted by atomic mass is 9.89. The maximum absolute atomic E-state index is 14.6. The molecule has 5 aliphatic rings. The first-order valence-corrected chi connectivity index (χ1v) is 34.4. The smallest absolute Gasteiger partial charge is 0.437 e. The van der Waals surface area contributed by atoms with Gasteiger partial charge in [0.25, 0.3) is 0 Å². The molecule has 22 heteroatoms.